The third kappa shape index (κ3) is 8.00. The number of halogens is 1. The van der Waals surface area contributed by atoms with E-state index in [1.807, 2.05) is 65.4 Å². The van der Waals surface area contributed by atoms with Gasteiger partial charge in [-0.3, -0.25) is 4.79 Å². The van der Waals surface area contributed by atoms with Crippen molar-refractivity contribution in [2.45, 2.75) is 38.4 Å². The molecule has 0 radical (unpaired) electrons. The van der Waals surface area contributed by atoms with Crippen LogP contribution in [0.3, 0.4) is 0 Å². The minimum Gasteiger partial charge on any atom is -0.493 e. The number of esters is 1. The molecule has 0 aliphatic rings. The van der Waals surface area contributed by atoms with Crippen molar-refractivity contribution in [2.75, 3.05) is 24.3 Å². The monoisotopic (exact) mass is 610 g/mol. The molecule has 0 fully saturated rings. The summed E-state index contributed by atoms with van der Waals surface area (Å²) in [5, 5.41) is 15.2. The van der Waals surface area contributed by atoms with Gasteiger partial charge in [-0.05, 0) is 49.6 Å². The molecule has 0 unspecified atom stereocenters. The lowest BCUT2D eigenvalue weighted by atomic mass is 10.0. The van der Waals surface area contributed by atoms with Gasteiger partial charge in [0.1, 0.15) is 22.1 Å². The number of allylic oxidation sites excluding steroid dienone is 1. The second-order valence-corrected chi connectivity index (χ2v) is 11.2. The molecule has 4 aromatic rings. The number of ether oxygens (including phenoxy) is 2. The van der Waals surface area contributed by atoms with Crippen molar-refractivity contribution in [1.29, 1.82) is 0 Å². The number of nitrogens with one attached hydrogen (secondary N) is 1. The highest BCUT2D eigenvalue weighted by atomic mass is 35.5. The molecule has 0 saturated carbocycles. The Morgan fingerprint density at radius 1 is 1.20 bits per heavy atom. The largest absolute Gasteiger partial charge is 0.493 e. The number of benzene rings is 2. The highest BCUT2D eigenvalue weighted by Gasteiger charge is 2.23. The molecule has 214 valence electrons. The molecule has 0 atom stereocenters. The van der Waals surface area contributed by atoms with E-state index in [1.165, 1.54) is 23.1 Å². The maximum Gasteiger partial charge on any atom is 0.341 e. The molecule has 0 aliphatic carbocycles. The number of rotatable bonds is 14. The first-order valence-electron chi connectivity index (χ1n) is 13.1. The van der Waals surface area contributed by atoms with E-state index in [4.69, 9.17) is 21.1 Å². The summed E-state index contributed by atoms with van der Waals surface area (Å²) in [6.07, 6.45) is 3.16. The molecular weight excluding hydrogens is 580 g/mol. The van der Waals surface area contributed by atoms with Crippen molar-refractivity contribution in [1.82, 2.24) is 14.8 Å². The zero-order valence-electron chi connectivity index (χ0n) is 22.9. The molecule has 0 bridgehead atoms. The SMILES string of the molecule is C=CCn1c(CCCOc2ccc(Cl)cc2C)nnc1SCC(=O)Nc1scc(-c2ccccc2)c1C(=O)OCC. The smallest absolute Gasteiger partial charge is 0.341 e. The summed E-state index contributed by atoms with van der Waals surface area (Å²) in [4.78, 5) is 25.8. The number of thiophene rings is 1. The van der Waals surface area contributed by atoms with Crippen molar-refractivity contribution in [2.24, 2.45) is 0 Å². The van der Waals surface area contributed by atoms with E-state index in [9.17, 15) is 9.59 Å². The Morgan fingerprint density at radius 3 is 2.73 bits per heavy atom. The molecule has 41 heavy (non-hydrogen) atoms. The van der Waals surface area contributed by atoms with Gasteiger partial charge in [0.2, 0.25) is 5.91 Å². The van der Waals surface area contributed by atoms with Crippen LogP contribution in [0.4, 0.5) is 5.00 Å². The van der Waals surface area contributed by atoms with Gasteiger partial charge in [-0.2, -0.15) is 0 Å². The first-order chi connectivity index (χ1) is 19.9. The van der Waals surface area contributed by atoms with Crippen molar-refractivity contribution < 1.29 is 19.1 Å². The van der Waals surface area contributed by atoms with Crippen LogP contribution in [0.15, 0.2) is 71.7 Å². The topological polar surface area (TPSA) is 95.3 Å². The molecule has 0 aliphatic heterocycles. The van der Waals surface area contributed by atoms with E-state index in [1.54, 1.807) is 13.0 Å². The lowest BCUT2D eigenvalue weighted by Gasteiger charge is -2.10. The molecule has 4 rings (SSSR count). The Balaban J connectivity index is 1.37. The van der Waals surface area contributed by atoms with Crippen LogP contribution in [0.25, 0.3) is 11.1 Å². The number of anilines is 1. The first-order valence-corrected chi connectivity index (χ1v) is 15.3. The molecule has 11 heteroatoms. The van der Waals surface area contributed by atoms with Crippen molar-refractivity contribution in [3.8, 4) is 16.9 Å². The Kier molecular flexibility index (Phi) is 11.0. The fourth-order valence-electron chi connectivity index (χ4n) is 4.09. The van der Waals surface area contributed by atoms with E-state index in [-0.39, 0.29) is 18.3 Å². The third-order valence-electron chi connectivity index (χ3n) is 5.99. The second-order valence-electron chi connectivity index (χ2n) is 8.94. The van der Waals surface area contributed by atoms with Gasteiger partial charge >= 0.3 is 5.97 Å². The van der Waals surface area contributed by atoms with Crippen LogP contribution in [-0.2, 0) is 22.5 Å². The van der Waals surface area contributed by atoms with Crippen molar-refractivity contribution >= 4 is 51.6 Å². The van der Waals surface area contributed by atoms with Crippen LogP contribution in [0.2, 0.25) is 5.02 Å². The molecule has 2 heterocycles. The van der Waals surface area contributed by atoms with E-state index in [0.717, 1.165) is 34.7 Å². The number of hydrogen-bond donors (Lipinski definition) is 1. The maximum absolute atomic E-state index is 13.0. The maximum atomic E-state index is 13.0. The van der Waals surface area contributed by atoms with Crippen LogP contribution in [0, 0.1) is 6.92 Å². The summed E-state index contributed by atoms with van der Waals surface area (Å²) in [5.41, 5.74) is 2.94. The van der Waals surface area contributed by atoms with Crippen LogP contribution < -0.4 is 10.1 Å². The molecule has 2 aromatic heterocycles. The zero-order chi connectivity index (χ0) is 29.2. The van der Waals surface area contributed by atoms with E-state index in [2.05, 4.69) is 22.1 Å². The standard InChI is InChI=1S/C30H31ClN4O4S2/c1-4-15-35-25(12-9-16-39-24-14-13-22(31)17-20(24)3)33-34-30(35)41-19-26(36)32-28-27(29(37)38-5-2)23(18-40-28)21-10-7-6-8-11-21/h4,6-8,10-11,13-14,17-18H,1,5,9,12,15-16,19H2,2-3H3,(H,32,36). The highest BCUT2D eigenvalue weighted by molar-refractivity contribution is 7.99. The van der Waals surface area contributed by atoms with E-state index >= 15 is 0 Å². The van der Waals surface area contributed by atoms with Crippen molar-refractivity contribution in [3.63, 3.8) is 0 Å². The average molecular weight is 611 g/mol. The highest BCUT2D eigenvalue weighted by Crippen LogP contribution is 2.36. The number of aromatic nitrogens is 3. The fourth-order valence-corrected chi connectivity index (χ4v) is 6.06. The van der Waals surface area contributed by atoms with Gasteiger partial charge in [0.15, 0.2) is 5.16 Å². The Bertz CT molecular complexity index is 1500. The summed E-state index contributed by atoms with van der Waals surface area (Å²) >= 11 is 8.59. The summed E-state index contributed by atoms with van der Waals surface area (Å²) in [6, 6.07) is 15.1. The summed E-state index contributed by atoms with van der Waals surface area (Å²) in [6.45, 7) is 8.83. The quantitative estimate of drug-likeness (QED) is 0.0706. The van der Waals surface area contributed by atoms with Crippen LogP contribution >= 0.6 is 34.7 Å². The van der Waals surface area contributed by atoms with Gasteiger partial charge in [0.25, 0.3) is 0 Å². The number of thioether (sulfide) groups is 1. The summed E-state index contributed by atoms with van der Waals surface area (Å²) in [7, 11) is 0. The lowest BCUT2D eigenvalue weighted by molar-refractivity contribution is -0.113. The zero-order valence-corrected chi connectivity index (χ0v) is 25.3. The molecule has 1 amide bonds. The van der Waals surface area contributed by atoms with Crippen LogP contribution in [0.1, 0.15) is 35.1 Å². The van der Waals surface area contributed by atoms with Gasteiger partial charge in [0.05, 0.1) is 19.0 Å². The summed E-state index contributed by atoms with van der Waals surface area (Å²) < 4.78 is 13.1. The number of carbonyl (C=O) groups is 2. The Hall–Kier alpha value is -3.60. The van der Waals surface area contributed by atoms with Gasteiger partial charge in [-0.15, -0.1) is 28.1 Å². The molecule has 1 N–H and O–H groups in total. The number of nitrogens with zero attached hydrogens (tertiary/aromatic N) is 3. The molecular formula is C30H31ClN4O4S2. The van der Waals surface area contributed by atoms with E-state index < -0.39 is 5.97 Å². The number of hydrogen-bond acceptors (Lipinski definition) is 8. The second kappa shape index (κ2) is 14.9. The number of aryl methyl sites for hydroxylation is 2. The van der Waals surface area contributed by atoms with Crippen LogP contribution in [-0.4, -0.2) is 45.6 Å². The first kappa shape index (κ1) is 30.4. The van der Waals surface area contributed by atoms with Gasteiger partial charge in [0, 0.05) is 28.9 Å². The number of amides is 1. The predicted molar refractivity (Wildman–Crippen MR) is 165 cm³/mol. The van der Waals surface area contributed by atoms with E-state index in [0.29, 0.717) is 40.3 Å². The minimum atomic E-state index is -0.471. The van der Waals surface area contributed by atoms with Gasteiger partial charge < -0.3 is 19.4 Å². The lowest BCUT2D eigenvalue weighted by Crippen LogP contribution is -2.17. The molecule has 8 nitrogen and oxygen atoms in total. The third-order valence-corrected chi connectivity index (χ3v) is 8.08. The fraction of sp³-hybridized carbons (Fsp3) is 0.267. The molecule has 0 spiro atoms. The van der Waals surface area contributed by atoms with Gasteiger partial charge in [-0.25, -0.2) is 4.79 Å². The minimum absolute atomic E-state index is 0.0923. The van der Waals surface area contributed by atoms with Crippen molar-refractivity contribution in [3.05, 3.63) is 88.5 Å². The number of carbonyl (C=O) groups excluding carboxylic acids is 2. The van der Waals surface area contributed by atoms with Crippen LogP contribution in [0.5, 0.6) is 5.75 Å². The summed E-state index contributed by atoms with van der Waals surface area (Å²) in [5.74, 6) is 0.954. The average Bonchev–Trinajstić information content (AvgIpc) is 3.55. The normalized spacial score (nSPS) is 10.8. The predicted octanol–water partition coefficient (Wildman–Crippen LogP) is 7.07. The Morgan fingerprint density at radius 2 is 2.00 bits per heavy atom. The molecule has 0 saturated heterocycles. The molecule has 2 aromatic carbocycles. The Labute approximate surface area is 252 Å². The van der Waals surface area contributed by atoms with Gasteiger partial charge in [-0.1, -0.05) is 59.8 Å².